The fraction of sp³-hybridized carbons (Fsp3) is 0.439. The molecule has 5 aromatic rings. The summed E-state index contributed by atoms with van der Waals surface area (Å²) < 4.78 is 113. The average Bonchev–Trinajstić information content (AvgIpc) is 1.74. The van der Waals surface area contributed by atoms with E-state index >= 15 is 0 Å². The maximum absolute atomic E-state index is 14.3. The van der Waals surface area contributed by atoms with Crippen molar-refractivity contribution in [2.45, 2.75) is 109 Å². The van der Waals surface area contributed by atoms with Crippen molar-refractivity contribution in [2.75, 3.05) is 64.6 Å². The lowest BCUT2D eigenvalue weighted by Gasteiger charge is -2.51. The summed E-state index contributed by atoms with van der Waals surface area (Å²) in [6.07, 6.45) is 4.46. The zero-order valence-electron chi connectivity index (χ0n) is 49.2. The predicted molar refractivity (Wildman–Crippen MR) is 325 cm³/mol. The van der Waals surface area contributed by atoms with Gasteiger partial charge < -0.3 is 48.4 Å². The van der Waals surface area contributed by atoms with Crippen LogP contribution in [0.2, 0.25) is 0 Å². The van der Waals surface area contributed by atoms with Gasteiger partial charge >= 0.3 is 15.2 Å². The number of aromatic hydroxyl groups is 1. The molecular formula is C57H72F4N8O14P2S2. The van der Waals surface area contributed by atoms with Crippen LogP contribution in [-0.2, 0) is 46.9 Å². The number of aromatic nitrogens is 2. The minimum Gasteiger partial charge on any atom is -0.502 e. The Hall–Kier alpha value is -6.64. The molecule has 2 aromatic heterocycles. The molecule has 2 aliphatic carbocycles. The van der Waals surface area contributed by atoms with Crippen LogP contribution in [0.1, 0.15) is 125 Å². The van der Waals surface area contributed by atoms with E-state index in [-0.39, 0.29) is 120 Å². The first-order chi connectivity index (χ1) is 40.3. The molecule has 4 heterocycles. The second-order valence-electron chi connectivity index (χ2n) is 20.7. The number of fused-ring (bicyclic) bond motifs is 2. The van der Waals surface area contributed by atoms with Crippen molar-refractivity contribution in [3.8, 4) is 11.5 Å². The van der Waals surface area contributed by atoms with Crippen LogP contribution in [-0.4, -0.2) is 125 Å². The third kappa shape index (κ3) is 13.4. The number of pyridine rings is 2. The number of benzene rings is 3. The van der Waals surface area contributed by atoms with Gasteiger partial charge in [0.15, 0.2) is 22.9 Å². The summed E-state index contributed by atoms with van der Waals surface area (Å²) in [6.45, 7) is 6.92. The van der Waals surface area contributed by atoms with Crippen molar-refractivity contribution in [3.05, 3.63) is 162 Å². The Morgan fingerprint density at radius 3 is 1.43 bits per heavy atom. The molecule has 3 N–H and O–H groups in total. The summed E-state index contributed by atoms with van der Waals surface area (Å²) >= 11 is 0. The number of hydrogen-bond donors (Lipinski definition) is 3. The second-order valence-corrected chi connectivity index (χ2v) is 25.4. The van der Waals surface area contributed by atoms with E-state index in [4.69, 9.17) is 22.8 Å². The largest absolute Gasteiger partial charge is 0.502 e. The number of amides is 4. The Labute approximate surface area is 513 Å². The second kappa shape index (κ2) is 28.2. The van der Waals surface area contributed by atoms with Crippen LogP contribution in [0.4, 0.5) is 17.6 Å². The summed E-state index contributed by atoms with van der Waals surface area (Å²) in [7, 11) is -0.539. The predicted octanol–water partition coefficient (Wildman–Crippen LogP) is 7.96. The maximum atomic E-state index is 14.3. The van der Waals surface area contributed by atoms with Crippen molar-refractivity contribution < 1.29 is 73.8 Å². The maximum Gasteiger partial charge on any atom is 0.333 e. The van der Waals surface area contributed by atoms with E-state index in [2.05, 4.69) is 10.6 Å². The zero-order chi connectivity index (χ0) is 61.9. The molecule has 0 radical (unpaired) electrons. The molecule has 4 amide bonds. The topological polar surface area (TPSA) is 250 Å². The summed E-state index contributed by atoms with van der Waals surface area (Å²) in [5, 5.41) is 19.0. The van der Waals surface area contributed by atoms with Gasteiger partial charge in [-0.05, 0) is 71.1 Å². The molecular weight excluding hydrogens is 1220 g/mol. The lowest BCUT2D eigenvalue weighted by atomic mass is 10.0. The summed E-state index contributed by atoms with van der Waals surface area (Å²) in [6, 6.07) is 14.8. The van der Waals surface area contributed by atoms with Gasteiger partial charge in [-0.3, -0.25) is 57.3 Å². The Bertz CT molecular complexity index is 3610. The third-order valence-corrected chi connectivity index (χ3v) is 21.2. The standard InChI is InChI=1S/C32H37F2N4O7P.C25H31F2N4O7P.2H2S/c1-5-44-46(42,45-6-2)24-14-15-32(17-24)36(3)31(41)27-29(43-20-21-10-8-7-9-11-21)28(39)25(19-38(27)37(32)4)30(40)35-18-22-12-13-23(33)16-26(22)34;1-5-37-39(36,38-6-2)17-9-10-25(12-17)29(3)24(35)20-22(33)21(32)18(14-31(20)30(25)4)23(34)28-13-15-7-8-16(26)11-19(15)27;;/h7-13,16,19,24H,5-6,14-15,17-18,20H2,1-4H3,(H,35,40);7-8,11,14,17,33H,5-6,9-10,12-13H2,1-4H3,(H,28,34);2*1H2/t24-,32?;17-,25?;;/m00../s1. The summed E-state index contributed by atoms with van der Waals surface area (Å²) in [4.78, 5) is 83.6. The fourth-order valence-corrected chi connectivity index (χ4v) is 15.9. The van der Waals surface area contributed by atoms with E-state index in [1.54, 1.807) is 83.1 Å². The minimum absolute atomic E-state index is 0. The molecule has 9 rings (SSSR count). The average molecular weight is 1300 g/mol. The first-order valence-corrected chi connectivity index (χ1v) is 30.8. The molecule has 22 nitrogen and oxygen atoms in total. The van der Waals surface area contributed by atoms with Crippen molar-refractivity contribution >= 4 is 65.8 Å². The van der Waals surface area contributed by atoms with Crippen molar-refractivity contribution in [2.24, 2.45) is 0 Å². The molecule has 2 spiro atoms. The number of rotatable bonds is 19. The number of ether oxygens (including phenoxy) is 1. The molecule has 87 heavy (non-hydrogen) atoms. The fourth-order valence-electron chi connectivity index (χ4n) is 11.5. The lowest BCUT2D eigenvalue weighted by molar-refractivity contribution is 0.0394. The highest BCUT2D eigenvalue weighted by Crippen LogP contribution is 2.62. The van der Waals surface area contributed by atoms with Crippen LogP contribution in [0.5, 0.6) is 11.5 Å². The molecule has 4 aliphatic rings. The van der Waals surface area contributed by atoms with Gasteiger partial charge in [-0.15, -0.1) is 0 Å². The highest BCUT2D eigenvalue weighted by molar-refractivity contribution is 7.59. The Kier molecular flexibility index (Phi) is 22.5. The lowest BCUT2D eigenvalue weighted by Crippen LogP contribution is -2.67. The quantitative estimate of drug-likeness (QED) is 0.0524. The normalized spacial score (nSPS) is 19.7. The molecule has 3 aromatic carbocycles. The van der Waals surface area contributed by atoms with Crippen molar-refractivity contribution in [1.29, 1.82) is 0 Å². The minimum atomic E-state index is -3.52. The van der Waals surface area contributed by atoms with E-state index < -0.39 is 107 Å². The molecule has 2 fully saturated rings. The van der Waals surface area contributed by atoms with Crippen LogP contribution < -0.4 is 36.2 Å². The van der Waals surface area contributed by atoms with Gasteiger partial charge in [0.1, 0.15) is 52.3 Å². The van der Waals surface area contributed by atoms with Gasteiger partial charge in [-0.2, -0.15) is 27.0 Å². The van der Waals surface area contributed by atoms with Gasteiger partial charge in [0, 0.05) is 89.8 Å². The highest BCUT2D eigenvalue weighted by atomic mass is 32.1. The molecule has 2 saturated carbocycles. The third-order valence-electron chi connectivity index (χ3n) is 16.1. The van der Waals surface area contributed by atoms with Gasteiger partial charge in [-0.1, -0.05) is 42.5 Å². The number of hydrogen-bond acceptors (Lipinski definition) is 16. The van der Waals surface area contributed by atoms with Crippen LogP contribution in [0, 0.1) is 23.3 Å². The van der Waals surface area contributed by atoms with Crippen LogP contribution in [0.15, 0.2) is 88.7 Å². The van der Waals surface area contributed by atoms with E-state index in [1.807, 2.05) is 6.07 Å². The molecule has 474 valence electrons. The van der Waals surface area contributed by atoms with Crippen LogP contribution >= 0.6 is 42.2 Å². The molecule has 0 bridgehead atoms. The van der Waals surface area contributed by atoms with Gasteiger partial charge in [-0.25, -0.2) is 17.6 Å². The van der Waals surface area contributed by atoms with E-state index in [1.165, 1.54) is 38.5 Å². The number of nitrogens with zero attached hydrogens (tertiary/aromatic N) is 6. The smallest absolute Gasteiger partial charge is 0.333 e. The van der Waals surface area contributed by atoms with Gasteiger partial charge in [0.25, 0.3) is 23.6 Å². The van der Waals surface area contributed by atoms with Crippen molar-refractivity contribution in [3.63, 3.8) is 0 Å². The summed E-state index contributed by atoms with van der Waals surface area (Å²) in [5.74, 6) is -7.47. The monoisotopic (exact) mass is 1290 g/mol. The number of carbonyl (C=O) groups is 4. The van der Waals surface area contributed by atoms with Gasteiger partial charge in [0.2, 0.25) is 10.9 Å². The molecule has 0 saturated heterocycles. The van der Waals surface area contributed by atoms with E-state index in [9.17, 15) is 60.6 Å². The summed E-state index contributed by atoms with van der Waals surface area (Å²) in [5.41, 5.74) is -5.47. The Balaban J connectivity index is 0.000000275. The van der Waals surface area contributed by atoms with Crippen LogP contribution in [0.25, 0.3) is 0 Å². The zero-order valence-corrected chi connectivity index (χ0v) is 53.0. The molecule has 2 aliphatic heterocycles. The first kappa shape index (κ1) is 69.5. The molecule has 30 heteroatoms. The van der Waals surface area contributed by atoms with Crippen molar-refractivity contribution in [1.82, 2.24) is 29.8 Å². The van der Waals surface area contributed by atoms with E-state index in [0.29, 0.717) is 37.8 Å². The Morgan fingerprint density at radius 2 is 1.01 bits per heavy atom. The van der Waals surface area contributed by atoms with E-state index in [0.717, 1.165) is 30.0 Å². The number of nitrogens with one attached hydrogen (secondary N) is 2. The number of carbonyl (C=O) groups excluding carboxylic acids is 4. The number of halogens is 4. The van der Waals surface area contributed by atoms with Gasteiger partial charge in [0.05, 0.1) is 37.7 Å². The molecule has 2 unspecified atom stereocenters. The van der Waals surface area contributed by atoms with Crippen LogP contribution in [0.3, 0.4) is 0 Å². The SMILES string of the molecule is CCOP(=O)(OCC)[C@H]1CCC2(C1)N(C)C(=O)c1c(O)c(=O)c(C(=O)NCc3ccc(F)cc3F)cn1N2C.CCOP(=O)(OCC)[C@H]1CCC2(C1)N(C)C(=O)c1c(OCc3ccccc3)c(=O)c(C(=O)NCc3ccc(F)cc3F)cn1N2C.S.S. The Morgan fingerprint density at radius 1 is 0.609 bits per heavy atom. The first-order valence-electron chi connectivity index (χ1n) is 27.6. The highest BCUT2D eigenvalue weighted by Gasteiger charge is 2.58. The molecule has 4 atom stereocenters.